The molecule has 0 saturated carbocycles. The summed E-state index contributed by atoms with van der Waals surface area (Å²) in [5, 5.41) is 9.05. The van der Waals surface area contributed by atoms with E-state index >= 15 is 0 Å². The fourth-order valence-electron chi connectivity index (χ4n) is 1.36. The summed E-state index contributed by atoms with van der Waals surface area (Å²) >= 11 is 3.36. The van der Waals surface area contributed by atoms with Crippen molar-refractivity contribution in [2.75, 3.05) is 6.61 Å². The molecule has 0 spiro atoms. The van der Waals surface area contributed by atoms with Gasteiger partial charge in [-0.05, 0) is 24.6 Å². The lowest BCUT2D eigenvalue weighted by molar-refractivity contribution is 0.104. The summed E-state index contributed by atoms with van der Waals surface area (Å²) in [7, 11) is 0. The first kappa shape index (κ1) is 9.80. The van der Waals surface area contributed by atoms with E-state index < -0.39 is 0 Å². The molecule has 76 valence electrons. The van der Waals surface area contributed by atoms with E-state index in [0.717, 1.165) is 15.8 Å². The highest BCUT2D eigenvalue weighted by Gasteiger charge is 2.18. The molecule has 1 aliphatic rings. The van der Waals surface area contributed by atoms with Gasteiger partial charge in [0.1, 0.15) is 12.7 Å². The number of benzene rings is 1. The van der Waals surface area contributed by atoms with Crippen molar-refractivity contribution >= 4 is 15.9 Å². The first-order valence-corrected chi connectivity index (χ1v) is 5.22. The molecule has 0 aliphatic carbocycles. The fraction of sp³-hybridized carbons (Fsp3) is 0.400. The maximum Gasteiger partial charge on any atom is 0.162 e. The van der Waals surface area contributed by atoms with E-state index in [2.05, 4.69) is 15.9 Å². The summed E-state index contributed by atoms with van der Waals surface area (Å²) in [6, 6.07) is 3.63. The molecule has 0 amide bonds. The number of rotatable bonds is 1. The predicted molar refractivity (Wildman–Crippen MR) is 55.6 cm³/mol. The van der Waals surface area contributed by atoms with Crippen LogP contribution in [-0.2, 0) is 6.61 Å². The average Bonchev–Trinajstić information content (AvgIpc) is 2.16. The Bertz CT molecular complexity index is 351. The van der Waals surface area contributed by atoms with Gasteiger partial charge >= 0.3 is 0 Å². The van der Waals surface area contributed by atoms with Gasteiger partial charge in [0.25, 0.3) is 0 Å². The molecule has 0 radical (unpaired) electrons. The van der Waals surface area contributed by atoms with Crippen LogP contribution in [-0.4, -0.2) is 17.8 Å². The molecular weight excluding hydrogens is 248 g/mol. The third kappa shape index (κ3) is 1.72. The Morgan fingerprint density at radius 2 is 2.29 bits per heavy atom. The average molecular weight is 259 g/mol. The third-order valence-corrected chi connectivity index (χ3v) is 2.82. The third-order valence-electron chi connectivity index (χ3n) is 2.08. The molecule has 1 N–H and O–H groups in total. The molecule has 0 fully saturated rings. The van der Waals surface area contributed by atoms with Crippen molar-refractivity contribution in [2.45, 2.75) is 19.6 Å². The van der Waals surface area contributed by atoms with Crippen molar-refractivity contribution in [3.05, 3.63) is 22.2 Å². The highest BCUT2D eigenvalue weighted by Crippen LogP contribution is 2.36. The van der Waals surface area contributed by atoms with Gasteiger partial charge in [-0.25, -0.2) is 0 Å². The minimum absolute atomic E-state index is 0.00717. The monoisotopic (exact) mass is 258 g/mol. The van der Waals surface area contributed by atoms with E-state index in [4.69, 9.17) is 14.6 Å². The molecule has 3 nitrogen and oxygen atoms in total. The standard InChI is InChI=1S/C10H11BrO3/c1-6-5-13-9-2-7(4-12)8(11)3-10(9)14-6/h2-3,6,12H,4-5H2,1H3. The number of aliphatic hydroxyl groups is 1. The van der Waals surface area contributed by atoms with Crippen LogP contribution in [0, 0.1) is 0 Å². The van der Waals surface area contributed by atoms with Crippen molar-refractivity contribution in [3.8, 4) is 11.5 Å². The number of halogens is 1. The van der Waals surface area contributed by atoms with Crippen LogP contribution in [0.1, 0.15) is 12.5 Å². The molecule has 1 heterocycles. The molecule has 4 heteroatoms. The Morgan fingerprint density at radius 3 is 3.00 bits per heavy atom. The summed E-state index contributed by atoms with van der Waals surface area (Å²) < 4.78 is 11.9. The van der Waals surface area contributed by atoms with E-state index in [1.165, 1.54) is 0 Å². The smallest absolute Gasteiger partial charge is 0.162 e. The zero-order valence-electron chi connectivity index (χ0n) is 7.79. The Morgan fingerprint density at radius 1 is 1.50 bits per heavy atom. The number of hydrogen-bond donors (Lipinski definition) is 1. The maximum atomic E-state index is 9.05. The molecule has 14 heavy (non-hydrogen) atoms. The lowest BCUT2D eigenvalue weighted by Crippen LogP contribution is -2.25. The Kier molecular flexibility index (Phi) is 2.65. The number of aliphatic hydroxyl groups excluding tert-OH is 1. The summed E-state index contributed by atoms with van der Waals surface area (Å²) in [5.74, 6) is 1.43. The topological polar surface area (TPSA) is 38.7 Å². The van der Waals surface area contributed by atoms with Gasteiger partial charge in [-0.3, -0.25) is 0 Å². The van der Waals surface area contributed by atoms with Gasteiger partial charge in [-0.2, -0.15) is 0 Å². The van der Waals surface area contributed by atoms with Gasteiger partial charge in [0.2, 0.25) is 0 Å². The van der Waals surface area contributed by atoms with Gasteiger partial charge in [-0.1, -0.05) is 15.9 Å². The molecule has 1 atom stereocenters. The maximum absolute atomic E-state index is 9.05. The van der Waals surface area contributed by atoms with Crippen LogP contribution in [0.3, 0.4) is 0 Å². The molecule has 1 aromatic rings. The summed E-state index contributed by atoms with van der Waals surface area (Å²) in [5.41, 5.74) is 0.807. The number of ether oxygens (including phenoxy) is 2. The summed E-state index contributed by atoms with van der Waals surface area (Å²) in [4.78, 5) is 0. The Balaban J connectivity index is 2.40. The van der Waals surface area contributed by atoms with Gasteiger partial charge in [-0.15, -0.1) is 0 Å². The van der Waals surface area contributed by atoms with Crippen LogP contribution in [0.2, 0.25) is 0 Å². The van der Waals surface area contributed by atoms with Crippen molar-refractivity contribution in [1.29, 1.82) is 0 Å². The van der Waals surface area contributed by atoms with Crippen LogP contribution in [0.5, 0.6) is 11.5 Å². The first-order valence-electron chi connectivity index (χ1n) is 4.43. The van der Waals surface area contributed by atoms with Crippen molar-refractivity contribution in [3.63, 3.8) is 0 Å². The van der Waals surface area contributed by atoms with Crippen molar-refractivity contribution < 1.29 is 14.6 Å². The van der Waals surface area contributed by atoms with Gasteiger partial charge in [0, 0.05) is 4.47 Å². The highest BCUT2D eigenvalue weighted by molar-refractivity contribution is 9.10. The predicted octanol–water partition coefficient (Wildman–Crippen LogP) is 2.10. The molecule has 2 rings (SSSR count). The Hall–Kier alpha value is -0.740. The zero-order valence-corrected chi connectivity index (χ0v) is 9.37. The van der Waals surface area contributed by atoms with Crippen LogP contribution in [0.15, 0.2) is 16.6 Å². The largest absolute Gasteiger partial charge is 0.486 e. The molecule has 1 aliphatic heterocycles. The van der Waals surface area contributed by atoms with Crippen molar-refractivity contribution in [1.82, 2.24) is 0 Å². The molecule has 1 aromatic carbocycles. The fourth-order valence-corrected chi connectivity index (χ4v) is 1.81. The second-order valence-corrected chi connectivity index (χ2v) is 4.14. The normalized spacial score (nSPS) is 19.5. The molecular formula is C10H11BrO3. The second-order valence-electron chi connectivity index (χ2n) is 3.29. The van der Waals surface area contributed by atoms with Gasteiger partial charge < -0.3 is 14.6 Å². The second kappa shape index (κ2) is 3.79. The molecule has 0 saturated heterocycles. The molecule has 0 bridgehead atoms. The number of fused-ring (bicyclic) bond motifs is 1. The van der Waals surface area contributed by atoms with Crippen LogP contribution in [0.4, 0.5) is 0 Å². The highest BCUT2D eigenvalue weighted by atomic mass is 79.9. The summed E-state index contributed by atoms with van der Waals surface area (Å²) in [6.07, 6.45) is 0.0781. The van der Waals surface area contributed by atoms with E-state index in [-0.39, 0.29) is 12.7 Å². The van der Waals surface area contributed by atoms with Crippen LogP contribution in [0.25, 0.3) is 0 Å². The van der Waals surface area contributed by atoms with E-state index in [1.54, 1.807) is 6.07 Å². The SMILES string of the molecule is CC1COc2cc(CO)c(Br)cc2O1. The zero-order chi connectivity index (χ0) is 10.1. The lowest BCUT2D eigenvalue weighted by Gasteiger charge is -2.24. The van der Waals surface area contributed by atoms with Crippen LogP contribution >= 0.6 is 15.9 Å². The van der Waals surface area contributed by atoms with Crippen molar-refractivity contribution in [2.24, 2.45) is 0 Å². The minimum atomic E-state index is -0.00717. The quantitative estimate of drug-likeness (QED) is 0.839. The van der Waals surface area contributed by atoms with E-state index in [9.17, 15) is 0 Å². The number of hydrogen-bond acceptors (Lipinski definition) is 3. The van der Waals surface area contributed by atoms with E-state index in [1.807, 2.05) is 13.0 Å². The first-order chi connectivity index (χ1) is 6.70. The Labute approximate surface area is 90.8 Å². The lowest BCUT2D eigenvalue weighted by atomic mass is 10.2. The molecule has 1 unspecified atom stereocenters. The molecule has 0 aromatic heterocycles. The van der Waals surface area contributed by atoms with Gasteiger partial charge in [0.05, 0.1) is 6.61 Å². The van der Waals surface area contributed by atoms with E-state index in [0.29, 0.717) is 12.4 Å². The minimum Gasteiger partial charge on any atom is -0.486 e. The van der Waals surface area contributed by atoms with Crippen LogP contribution < -0.4 is 9.47 Å². The summed E-state index contributed by atoms with van der Waals surface area (Å²) in [6.45, 7) is 2.50. The van der Waals surface area contributed by atoms with Gasteiger partial charge in [0.15, 0.2) is 11.5 Å².